The van der Waals surface area contributed by atoms with Crippen molar-refractivity contribution in [1.82, 2.24) is 4.72 Å². The van der Waals surface area contributed by atoms with Gasteiger partial charge >= 0.3 is 0 Å². The van der Waals surface area contributed by atoms with Crippen molar-refractivity contribution in [3.05, 3.63) is 88.5 Å². The van der Waals surface area contributed by atoms with Crippen molar-refractivity contribution < 1.29 is 23.8 Å². The Morgan fingerprint density at radius 3 is 2.41 bits per heavy atom. The monoisotopic (exact) mass is 525 g/mol. The van der Waals surface area contributed by atoms with Crippen LogP contribution in [0.2, 0.25) is 0 Å². The van der Waals surface area contributed by atoms with Gasteiger partial charge < -0.3 is 26.6 Å². The standard InChI is InChI=1S/C17H15N3O4.C8H12N2O2S/c1-3-10-8-14(16(21)15(18)13(10)4-2)17(22)19-11-6-5-7-12(9-11)20(23)24;1-10-13(11)6-3-4-8(12-2)7(9)5-6/h3-9,21H,1-2,18H2,(H,19,22);3-5,10H,9H2,1-2H3. The molecule has 12 heteroatoms. The fourth-order valence-electron chi connectivity index (χ4n) is 3.14. The SMILES string of the molecule is C=Cc1cc(C(=O)Nc2cccc([N+](=O)[O-])c2)c(O)c(N)c1C=C.CNS(=O)c1ccc(OC)c(N)c1. The summed E-state index contributed by atoms with van der Waals surface area (Å²) in [6.45, 7) is 7.24. The molecule has 1 amide bonds. The van der Waals surface area contributed by atoms with Gasteiger partial charge in [-0.05, 0) is 42.9 Å². The second kappa shape index (κ2) is 12.9. The number of benzene rings is 3. The Morgan fingerprint density at radius 1 is 1.16 bits per heavy atom. The van der Waals surface area contributed by atoms with Crippen molar-refractivity contribution in [3.63, 3.8) is 0 Å². The summed E-state index contributed by atoms with van der Waals surface area (Å²) < 4.78 is 18.9. The van der Waals surface area contributed by atoms with E-state index in [0.717, 1.165) is 0 Å². The van der Waals surface area contributed by atoms with Crippen LogP contribution in [0.4, 0.5) is 22.7 Å². The quantitative estimate of drug-likeness (QED) is 0.127. The molecule has 0 aliphatic rings. The van der Waals surface area contributed by atoms with Gasteiger partial charge in [0.05, 0.1) is 33.9 Å². The number of non-ortho nitro benzene ring substituents is 1. The minimum absolute atomic E-state index is 0.00610. The van der Waals surface area contributed by atoms with Gasteiger partial charge in [-0.15, -0.1) is 0 Å². The number of phenols is 1. The molecule has 3 aromatic carbocycles. The van der Waals surface area contributed by atoms with Gasteiger partial charge in [-0.3, -0.25) is 14.9 Å². The van der Waals surface area contributed by atoms with E-state index in [1.165, 1.54) is 42.5 Å². The summed E-state index contributed by atoms with van der Waals surface area (Å²) in [6, 6.07) is 11.9. The maximum Gasteiger partial charge on any atom is 0.271 e. The molecule has 0 bridgehead atoms. The van der Waals surface area contributed by atoms with Gasteiger partial charge in [0.2, 0.25) is 0 Å². The average molecular weight is 526 g/mol. The van der Waals surface area contributed by atoms with Crippen molar-refractivity contribution in [2.45, 2.75) is 4.90 Å². The lowest BCUT2D eigenvalue weighted by Crippen LogP contribution is -2.13. The van der Waals surface area contributed by atoms with Gasteiger partial charge in [0, 0.05) is 23.4 Å². The topological polar surface area (TPSA) is 183 Å². The predicted octanol–water partition coefficient (Wildman–Crippen LogP) is 3.94. The molecule has 0 aliphatic heterocycles. The molecule has 0 radical (unpaired) electrons. The van der Waals surface area contributed by atoms with E-state index in [1.807, 2.05) is 0 Å². The van der Waals surface area contributed by atoms with Crippen molar-refractivity contribution in [1.29, 1.82) is 0 Å². The molecule has 0 saturated carbocycles. The lowest BCUT2D eigenvalue weighted by Gasteiger charge is -2.13. The molecule has 0 aromatic heterocycles. The number of nitrogens with zero attached hydrogens (tertiary/aromatic N) is 1. The zero-order valence-electron chi connectivity index (χ0n) is 20.2. The van der Waals surface area contributed by atoms with Crippen LogP contribution in [0.3, 0.4) is 0 Å². The van der Waals surface area contributed by atoms with E-state index in [1.54, 1.807) is 32.4 Å². The van der Waals surface area contributed by atoms with Gasteiger partial charge in [-0.25, -0.2) is 8.93 Å². The number of methoxy groups -OCH3 is 1. The first-order valence-electron chi connectivity index (χ1n) is 10.6. The second-order valence-corrected chi connectivity index (χ2v) is 8.65. The third-order valence-electron chi connectivity index (χ3n) is 5.00. The molecule has 1 unspecified atom stereocenters. The van der Waals surface area contributed by atoms with Gasteiger partial charge in [-0.1, -0.05) is 31.4 Å². The van der Waals surface area contributed by atoms with Crippen molar-refractivity contribution in [3.8, 4) is 11.5 Å². The Labute approximate surface area is 216 Å². The summed E-state index contributed by atoms with van der Waals surface area (Å²) in [5, 5.41) is 23.4. The fourth-order valence-corrected chi connectivity index (χ4v) is 3.80. The minimum Gasteiger partial charge on any atom is -0.505 e. The molecule has 0 spiro atoms. The number of nitrogens with two attached hydrogens (primary N) is 2. The lowest BCUT2D eigenvalue weighted by molar-refractivity contribution is -0.384. The van der Waals surface area contributed by atoms with Crippen LogP contribution in [0, 0.1) is 10.1 Å². The number of nitrogens with one attached hydrogen (secondary N) is 2. The number of nitro groups is 1. The first-order valence-corrected chi connectivity index (χ1v) is 11.7. The van der Waals surface area contributed by atoms with E-state index >= 15 is 0 Å². The predicted molar refractivity (Wildman–Crippen MR) is 147 cm³/mol. The van der Waals surface area contributed by atoms with E-state index in [2.05, 4.69) is 23.2 Å². The Kier molecular flexibility index (Phi) is 9.92. The molecular formula is C25H27N5O6S. The Balaban J connectivity index is 0.000000312. The van der Waals surface area contributed by atoms with E-state index in [9.17, 15) is 24.2 Å². The number of nitro benzene ring substituents is 1. The molecule has 194 valence electrons. The van der Waals surface area contributed by atoms with Gasteiger partial charge in [0.1, 0.15) is 16.7 Å². The van der Waals surface area contributed by atoms with E-state index < -0.39 is 27.6 Å². The molecule has 0 fully saturated rings. The van der Waals surface area contributed by atoms with Gasteiger partial charge in [0.15, 0.2) is 5.75 Å². The highest BCUT2D eigenvalue weighted by Crippen LogP contribution is 2.33. The maximum atomic E-state index is 12.4. The molecule has 0 aliphatic carbocycles. The fraction of sp³-hybridized carbons (Fsp3) is 0.0800. The maximum absolute atomic E-state index is 12.4. The lowest BCUT2D eigenvalue weighted by atomic mass is 9.99. The summed E-state index contributed by atoms with van der Waals surface area (Å²) in [4.78, 5) is 23.2. The Morgan fingerprint density at radius 2 is 1.86 bits per heavy atom. The molecule has 3 aromatic rings. The van der Waals surface area contributed by atoms with E-state index in [0.29, 0.717) is 27.5 Å². The molecule has 3 rings (SSSR count). The number of rotatable bonds is 8. The van der Waals surface area contributed by atoms with Crippen LogP contribution in [0.25, 0.3) is 12.2 Å². The highest BCUT2D eigenvalue weighted by atomic mass is 32.2. The number of amides is 1. The van der Waals surface area contributed by atoms with Crippen LogP contribution >= 0.6 is 0 Å². The van der Waals surface area contributed by atoms with Crippen LogP contribution in [-0.4, -0.2) is 34.3 Å². The first-order chi connectivity index (χ1) is 17.6. The van der Waals surface area contributed by atoms with Crippen LogP contribution in [-0.2, 0) is 11.0 Å². The minimum atomic E-state index is -1.20. The number of phenolic OH excluding ortho intramolecular Hbond substituents is 1. The molecule has 7 N–H and O–H groups in total. The highest BCUT2D eigenvalue weighted by molar-refractivity contribution is 7.83. The van der Waals surface area contributed by atoms with E-state index in [4.69, 9.17) is 16.2 Å². The van der Waals surface area contributed by atoms with Crippen molar-refractivity contribution >= 4 is 51.8 Å². The zero-order valence-corrected chi connectivity index (χ0v) is 21.0. The summed E-state index contributed by atoms with van der Waals surface area (Å²) in [5.41, 5.74) is 12.9. The van der Waals surface area contributed by atoms with Crippen LogP contribution in [0.1, 0.15) is 21.5 Å². The molecule has 1 atom stereocenters. The number of hydrogen-bond donors (Lipinski definition) is 5. The number of aromatic hydroxyl groups is 1. The average Bonchev–Trinajstić information content (AvgIpc) is 2.89. The van der Waals surface area contributed by atoms with Crippen molar-refractivity contribution in [2.24, 2.45) is 0 Å². The zero-order chi connectivity index (χ0) is 27.7. The summed E-state index contributed by atoms with van der Waals surface area (Å²) in [6.07, 6.45) is 2.94. The first kappa shape index (κ1) is 28.6. The van der Waals surface area contributed by atoms with Gasteiger partial charge in [0.25, 0.3) is 11.6 Å². The Bertz CT molecular complexity index is 1380. The third kappa shape index (κ3) is 6.93. The van der Waals surface area contributed by atoms with Crippen LogP contribution in [0.5, 0.6) is 11.5 Å². The van der Waals surface area contributed by atoms with E-state index in [-0.39, 0.29) is 22.6 Å². The number of nitrogen functional groups attached to an aromatic ring is 2. The van der Waals surface area contributed by atoms with Crippen molar-refractivity contribution in [2.75, 3.05) is 30.9 Å². The molecular weight excluding hydrogens is 498 g/mol. The smallest absolute Gasteiger partial charge is 0.271 e. The Hall–Kier alpha value is -4.68. The number of ether oxygens (including phenoxy) is 1. The molecule has 11 nitrogen and oxygen atoms in total. The molecule has 37 heavy (non-hydrogen) atoms. The summed E-state index contributed by atoms with van der Waals surface area (Å²) in [7, 11) is 1.97. The molecule has 0 saturated heterocycles. The normalized spacial score (nSPS) is 10.9. The van der Waals surface area contributed by atoms with Crippen LogP contribution < -0.4 is 26.2 Å². The number of carbonyl (C=O) groups is 1. The van der Waals surface area contributed by atoms with Crippen LogP contribution in [0.15, 0.2) is 66.6 Å². The third-order valence-corrected chi connectivity index (χ3v) is 6.05. The number of hydrogen-bond acceptors (Lipinski definition) is 8. The summed E-state index contributed by atoms with van der Waals surface area (Å²) in [5.74, 6) is -0.450. The number of anilines is 3. The largest absolute Gasteiger partial charge is 0.505 e. The summed E-state index contributed by atoms with van der Waals surface area (Å²) >= 11 is 0. The number of carbonyl (C=O) groups excluding carboxylic acids is 1. The molecule has 0 heterocycles. The highest BCUT2D eigenvalue weighted by Gasteiger charge is 2.19. The second-order valence-electron chi connectivity index (χ2n) is 7.24. The van der Waals surface area contributed by atoms with Gasteiger partial charge in [-0.2, -0.15) is 0 Å².